The first-order valence-corrected chi connectivity index (χ1v) is 14.4. The summed E-state index contributed by atoms with van der Waals surface area (Å²) < 4.78 is 37.0. The summed E-state index contributed by atoms with van der Waals surface area (Å²) >= 11 is 6.10. The van der Waals surface area contributed by atoms with Crippen LogP contribution in [0.25, 0.3) is 10.9 Å². The van der Waals surface area contributed by atoms with E-state index in [0.29, 0.717) is 11.6 Å². The van der Waals surface area contributed by atoms with Crippen LogP contribution in [0.1, 0.15) is 34.1 Å². The minimum atomic E-state index is -0.781. The van der Waals surface area contributed by atoms with Gasteiger partial charge in [-0.2, -0.15) is 0 Å². The lowest BCUT2D eigenvalue weighted by atomic mass is 10.0. The Labute approximate surface area is 240 Å². The van der Waals surface area contributed by atoms with Gasteiger partial charge in [0.05, 0.1) is 5.52 Å². The molecule has 10 heteroatoms. The van der Waals surface area contributed by atoms with E-state index >= 15 is 0 Å². The minimum absolute atomic E-state index is 0.168. The van der Waals surface area contributed by atoms with Crippen molar-refractivity contribution in [2.24, 2.45) is 5.92 Å². The van der Waals surface area contributed by atoms with E-state index in [9.17, 15) is 0 Å². The van der Waals surface area contributed by atoms with Gasteiger partial charge in [-0.3, -0.25) is 4.98 Å². The third kappa shape index (κ3) is 6.01. The molecule has 0 radical (unpaired) electrons. The summed E-state index contributed by atoms with van der Waals surface area (Å²) in [5.74, 6) is -0.390. The average Bonchev–Trinajstić information content (AvgIpc) is 3.56. The molecule has 6 atom stereocenters. The Morgan fingerprint density at radius 3 is 2.67 bits per heavy atom. The normalized spacial score (nSPS) is 31.7. The number of aromatic nitrogens is 1. The zero-order valence-electron chi connectivity index (χ0n) is 23.4. The van der Waals surface area contributed by atoms with Crippen molar-refractivity contribution < 1.29 is 28.4 Å². The number of rotatable bonds is 10. The summed E-state index contributed by atoms with van der Waals surface area (Å²) in [5, 5.41) is 8.84. The van der Waals surface area contributed by atoms with Crippen LogP contribution in [-0.4, -0.2) is 73.5 Å². The summed E-state index contributed by atoms with van der Waals surface area (Å²) in [6.07, 6.45) is 7.32. The molecule has 1 aliphatic carbocycles. The SMILES string of the molecule is CC1(C)O[C@H]2O[C@H]3[C@H](OC(C)(C)O[C@@H]3COC3=CC=CC3CNCCCNc3ccnc4cc(Cl)ccc34)[C@H]2O1. The number of hydrogen-bond donors (Lipinski definition) is 2. The van der Waals surface area contributed by atoms with Gasteiger partial charge in [-0.25, -0.2) is 0 Å². The van der Waals surface area contributed by atoms with Crippen LogP contribution in [0.15, 0.2) is 54.4 Å². The van der Waals surface area contributed by atoms with E-state index in [1.165, 1.54) is 0 Å². The third-order valence-corrected chi connectivity index (χ3v) is 7.78. The molecule has 216 valence electrons. The molecule has 0 bridgehead atoms. The molecular weight excluding hydrogens is 534 g/mol. The lowest BCUT2D eigenvalue weighted by molar-refractivity contribution is -0.347. The number of allylic oxidation sites excluding steroid dienone is 2. The van der Waals surface area contributed by atoms with E-state index < -0.39 is 17.9 Å². The monoisotopic (exact) mass is 571 g/mol. The van der Waals surface area contributed by atoms with Crippen LogP contribution in [-0.2, 0) is 28.4 Å². The minimum Gasteiger partial charge on any atom is -0.494 e. The molecule has 0 saturated carbocycles. The Kier molecular flexibility index (Phi) is 7.82. The fourth-order valence-electron chi connectivity index (χ4n) is 5.83. The average molecular weight is 572 g/mol. The van der Waals surface area contributed by atoms with Gasteiger partial charge in [0.25, 0.3) is 0 Å². The Hall–Kier alpha value is -2.24. The molecule has 2 aromatic rings. The quantitative estimate of drug-likeness (QED) is 0.391. The summed E-state index contributed by atoms with van der Waals surface area (Å²) in [6.45, 7) is 10.5. The van der Waals surface area contributed by atoms with Crippen molar-refractivity contribution in [3.05, 3.63) is 59.5 Å². The van der Waals surface area contributed by atoms with Crippen molar-refractivity contribution in [2.75, 3.05) is 31.6 Å². The first-order chi connectivity index (χ1) is 19.2. The second-order valence-electron chi connectivity index (χ2n) is 11.6. The highest BCUT2D eigenvalue weighted by molar-refractivity contribution is 6.31. The van der Waals surface area contributed by atoms with Gasteiger partial charge in [0.1, 0.15) is 36.8 Å². The molecule has 1 aromatic carbocycles. The van der Waals surface area contributed by atoms with Gasteiger partial charge in [-0.1, -0.05) is 23.8 Å². The van der Waals surface area contributed by atoms with Crippen molar-refractivity contribution in [3.8, 4) is 0 Å². The molecule has 0 amide bonds. The van der Waals surface area contributed by atoms with Crippen LogP contribution in [0, 0.1) is 5.92 Å². The largest absolute Gasteiger partial charge is 0.494 e. The predicted octanol–water partition coefficient (Wildman–Crippen LogP) is 4.76. The Bertz CT molecular complexity index is 1280. The molecule has 9 nitrogen and oxygen atoms in total. The molecule has 40 heavy (non-hydrogen) atoms. The second-order valence-corrected chi connectivity index (χ2v) is 12.0. The maximum absolute atomic E-state index is 6.29. The number of ether oxygens (including phenoxy) is 6. The number of benzene rings is 1. The molecule has 2 N–H and O–H groups in total. The molecule has 3 aliphatic heterocycles. The zero-order valence-corrected chi connectivity index (χ0v) is 24.1. The first-order valence-electron chi connectivity index (χ1n) is 14.0. The lowest BCUT2D eigenvalue weighted by Crippen LogP contribution is -2.57. The Balaban J connectivity index is 0.951. The number of anilines is 1. The molecule has 3 fully saturated rings. The van der Waals surface area contributed by atoms with E-state index in [4.69, 9.17) is 40.0 Å². The van der Waals surface area contributed by atoms with E-state index in [-0.39, 0.29) is 30.3 Å². The zero-order chi connectivity index (χ0) is 27.9. The van der Waals surface area contributed by atoms with Crippen molar-refractivity contribution in [2.45, 2.75) is 76.4 Å². The fraction of sp³-hybridized carbons (Fsp3) is 0.567. The summed E-state index contributed by atoms with van der Waals surface area (Å²) in [4.78, 5) is 4.40. The van der Waals surface area contributed by atoms with Gasteiger partial charge in [0, 0.05) is 41.3 Å². The highest BCUT2D eigenvalue weighted by atomic mass is 35.5. The Morgan fingerprint density at radius 2 is 1.80 bits per heavy atom. The Morgan fingerprint density at radius 1 is 0.975 bits per heavy atom. The number of pyridine rings is 1. The highest BCUT2D eigenvalue weighted by Crippen LogP contribution is 2.44. The lowest BCUT2D eigenvalue weighted by Gasteiger charge is -2.43. The van der Waals surface area contributed by atoms with Crippen LogP contribution in [0.3, 0.4) is 0 Å². The van der Waals surface area contributed by atoms with Gasteiger partial charge in [-0.15, -0.1) is 0 Å². The number of nitrogens with one attached hydrogen (secondary N) is 2. The van der Waals surface area contributed by atoms with E-state index in [2.05, 4.69) is 21.7 Å². The number of hydrogen-bond acceptors (Lipinski definition) is 9. The first kappa shape index (κ1) is 27.9. The maximum atomic E-state index is 6.29. The van der Waals surface area contributed by atoms with Crippen LogP contribution >= 0.6 is 11.6 Å². The number of nitrogens with zero attached hydrogens (tertiary/aromatic N) is 1. The van der Waals surface area contributed by atoms with E-state index in [0.717, 1.165) is 48.4 Å². The smallest absolute Gasteiger partial charge is 0.190 e. The van der Waals surface area contributed by atoms with Gasteiger partial charge >= 0.3 is 0 Å². The topological polar surface area (TPSA) is 92.3 Å². The predicted molar refractivity (Wildman–Crippen MR) is 152 cm³/mol. The van der Waals surface area contributed by atoms with Crippen molar-refractivity contribution >= 4 is 28.2 Å². The fourth-order valence-corrected chi connectivity index (χ4v) is 5.99. The van der Waals surface area contributed by atoms with Gasteiger partial charge in [-0.05, 0) is 71.0 Å². The van der Waals surface area contributed by atoms with Crippen LogP contribution in [0.4, 0.5) is 5.69 Å². The molecule has 1 aromatic heterocycles. The molecule has 3 saturated heterocycles. The van der Waals surface area contributed by atoms with E-state index in [1.807, 2.05) is 64.1 Å². The summed E-state index contributed by atoms with van der Waals surface area (Å²) in [5.41, 5.74) is 1.96. The molecule has 1 unspecified atom stereocenters. The van der Waals surface area contributed by atoms with Crippen molar-refractivity contribution in [1.82, 2.24) is 10.3 Å². The molecule has 4 heterocycles. The summed E-state index contributed by atoms with van der Waals surface area (Å²) in [6, 6.07) is 7.78. The maximum Gasteiger partial charge on any atom is 0.190 e. The van der Waals surface area contributed by atoms with Crippen molar-refractivity contribution in [1.29, 1.82) is 0 Å². The highest BCUT2D eigenvalue weighted by Gasteiger charge is 2.61. The molecular formula is C30H38ClN3O6. The third-order valence-electron chi connectivity index (χ3n) is 7.55. The molecule has 6 rings (SSSR count). The van der Waals surface area contributed by atoms with Gasteiger partial charge in [0.15, 0.2) is 17.9 Å². The van der Waals surface area contributed by atoms with Crippen molar-refractivity contribution in [3.63, 3.8) is 0 Å². The standard InChI is InChI=1S/C30H38ClN3O6/c1-29(2)37-24(25-26(38-29)27-28(36-25)40-30(3,4)39-27)17-35-23-8-5-7-18(23)16-32-12-6-13-33-21-11-14-34-22-15-19(31)9-10-20(21)22/h5,7-11,14-15,18,24-28,32H,6,12-13,16-17H2,1-4H3,(H,33,34)/t18?,24-,25-,26+,27-,28-/m1/s1. The van der Waals surface area contributed by atoms with Crippen LogP contribution in [0.2, 0.25) is 5.02 Å². The van der Waals surface area contributed by atoms with Crippen LogP contribution in [0.5, 0.6) is 0 Å². The number of fused-ring (bicyclic) bond motifs is 4. The van der Waals surface area contributed by atoms with Crippen LogP contribution < -0.4 is 10.6 Å². The molecule has 4 aliphatic rings. The second kappa shape index (κ2) is 11.2. The summed E-state index contributed by atoms with van der Waals surface area (Å²) in [7, 11) is 0. The van der Waals surface area contributed by atoms with Gasteiger partial charge in [0.2, 0.25) is 0 Å². The molecule has 0 spiro atoms. The van der Waals surface area contributed by atoms with E-state index in [1.54, 1.807) is 6.20 Å². The number of halogens is 1. The van der Waals surface area contributed by atoms with Gasteiger partial charge < -0.3 is 39.1 Å².